The highest BCUT2D eigenvalue weighted by Crippen LogP contribution is 2.30. The summed E-state index contributed by atoms with van der Waals surface area (Å²) in [6.07, 6.45) is 2.60. The largest absolute Gasteiger partial charge is 0.452 e. The number of furan rings is 1. The Labute approximate surface area is 133 Å². The van der Waals surface area contributed by atoms with E-state index in [1.54, 1.807) is 20.2 Å². The number of halogens is 1. The van der Waals surface area contributed by atoms with Crippen LogP contribution in [0.25, 0.3) is 0 Å². The lowest BCUT2D eigenvalue weighted by Gasteiger charge is -2.25. The van der Waals surface area contributed by atoms with E-state index in [9.17, 15) is 8.42 Å². The smallest absolute Gasteiger partial charge is 0.247 e. The molecule has 2 heterocycles. The number of rotatable bonds is 6. The highest BCUT2D eigenvalue weighted by Gasteiger charge is 2.30. The van der Waals surface area contributed by atoms with Gasteiger partial charge in [0.1, 0.15) is 10.7 Å². The van der Waals surface area contributed by atoms with Crippen molar-refractivity contribution in [3.8, 4) is 0 Å². The monoisotopic (exact) mass is 378 g/mol. The van der Waals surface area contributed by atoms with E-state index in [-0.39, 0.29) is 9.56 Å². The number of nitrogens with one attached hydrogen (secondary N) is 1. The molecule has 0 spiro atoms. The van der Waals surface area contributed by atoms with E-state index in [1.807, 2.05) is 6.08 Å². The van der Waals surface area contributed by atoms with Crippen molar-refractivity contribution in [2.24, 2.45) is 0 Å². The van der Waals surface area contributed by atoms with E-state index in [0.29, 0.717) is 38.4 Å². The van der Waals surface area contributed by atoms with Gasteiger partial charge in [0.05, 0.1) is 13.2 Å². The third kappa shape index (κ3) is 3.75. The Hall–Kier alpha value is -0.670. The minimum atomic E-state index is -3.55. The molecular weight excluding hydrogens is 360 g/mol. The number of ether oxygens (including phenoxy) is 1. The van der Waals surface area contributed by atoms with Crippen LogP contribution in [-0.2, 0) is 21.3 Å². The lowest BCUT2D eigenvalue weighted by Crippen LogP contribution is -2.35. The topological polar surface area (TPSA) is 71.8 Å². The van der Waals surface area contributed by atoms with Crippen LogP contribution in [0, 0.1) is 0 Å². The summed E-state index contributed by atoms with van der Waals surface area (Å²) in [5.41, 5.74) is 1.13. The summed E-state index contributed by atoms with van der Waals surface area (Å²) >= 11 is 3.19. The average molecular weight is 379 g/mol. The SMILES string of the molecule is CNCc1cc(S(=O)(=O)N2CC=C(COC)CC2)c(Br)o1. The van der Waals surface area contributed by atoms with Gasteiger partial charge in [-0.2, -0.15) is 4.31 Å². The minimum absolute atomic E-state index is 0.177. The van der Waals surface area contributed by atoms with Gasteiger partial charge in [-0.15, -0.1) is 0 Å². The first-order chi connectivity index (χ1) is 9.98. The zero-order valence-electron chi connectivity index (χ0n) is 12.1. The molecular formula is C13H19BrN2O4S. The second kappa shape index (κ2) is 7.06. The van der Waals surface area contributed by atoms with Crippen molar-refractivity contribution < 1.29 is 17.6 Å². The Balaban J connectivity index is 2.19. The molecule has 2 rings (SSSR count). The van der Waals surface area contributed by atoms with Gasteiger partial charge in [-0.05, 0) is 35.0 Å². The van der Waals surface area contributed by atoms with Crippen molar-refractivity contribution >= 4 is 26.0 Å². The molecule has 1 aromatic heterocycles. The van der Waals surface area contributed by atoms with E-state index in [0.717, 1.165) is 5.57 Å². The molecule has 1 N–H and O–H groups in total. The molecule has 118 valence electrons. The van der Waals surface area contributed by atoms with Crippen LogP contribution < -0.4 is 5.32 Å². The van der Waals surface area contributed by atoms with Gasteiger partial charge in [0.25, 0.3) is 0 Å². The van der Waals surface area contributed by atoms with E-state index in [4.69, 9.17) is 9.15 Å². The van der Waals surface area contributed by atoms with Crippen LogP contribution in [0.1, 0.15) is 12.2 Å². The van der Waals surface area contributed by atoms with Gasteiger partial charge in [0, 0.05) is 26.3 Å². The lowest BCUT2D eigenvalue weighted by atomic mass is 10.1. The molecule has 0 amide bonds. The summed E-state index contributed by atoms with van der Waals surface area (Å²) in [5, 5.41) is 2.93. The molecule has 0 unspecified atom stereocenters. The molecule has 0 atom stereocenters. The lowest BCUT2D eigenvalue weighted by molar-refractivity contribution is 0.219. The molecule has 6 nitrogen and oxygen atoms in total. The maximum atomic E-state index is 12.6. The fraction of sp³-hybridized carbons (Fsp3) is 0.538. The minimum Gasteiger partial charge on any atom is -0.452 e. The first kappa shape index (κ1) is 16.7. The summed E-state index contributed by atoms with van der Waals surface area (Å²) in [7, 11) is -0.139. The van der Waals surface area contributed by atoms with E-state index in [2.05, 4.69) is 21.2 Å². The van der Waals surface area contributed by atoms with Crippen LogP contribution in [0.15, 0.2) is 31.7 Å². The van der Waals surface area contributed by atoms with E-state index >= 15 is 0 Å². The Morgan fingerprint density at radius 1 is 1.52 bits per heavy atom. The maximum Gasteiger partial charge on any atom is 0.247 e. The quantitative estimate of drug-likeness (QED) is 0.763. The molecule has 0 fully saturated rings. The fourth-order valence-electron chi connectivity index (χ4n) is 2.20. The van der Waals surface area contributed by atoms with Crippen molar-refractivity contribution in [2.45, 2.75) is 17.9 Å². The summed E-state index contributed by atoms with van der Waals surface area (Å²) in [6.45, 7) is 1.85. The Morgan fingerprint density at radius 2 is 2.29 bits per heavy atom. The molecule has 0 saturated heterocycles. The predicted molar refractivity (Wildman–Crippen MR) is 82.5 cm³/mol. The fourth-order valence-corrected chi connectivity index (χ4v) is 4.54. The number of nitrogens with zero attached hydrogens (tertiary/aromatic N) is 1. The number of sulfonamides is 1. The normalized spacial score (nSPS) is 17.0. The summed E-state index contributed by atoms with van der Waals surface area (Å²) in [4.78, 5) is 0.177. The second-order valence-corrected chi connectivity index (χ2v) is 7.42. The van der Waals surface area contributed by atoms with Crippen LogP contribution in [0.4, 0.5) is 0 Å². The van der Waals surface area contributed by atoms with Crippen molar-refractivity contribution in [2.75, 3.05) is 33.9 Å². The van der Waals surface area contributed by atoms with Crippen LogP contribution in [0.2, 0.25) is 0 Å². The molecule has 21 heavy (non-hydrogen) atoms. The van der Waals surface area contributed by atoms with Crippen molar-refractivity contribution in [1.82, 2.24) is 9.62 Å². The zero-order chi connectivity index (χ0) is 15.5. The third-order valence-corrected chi connectivity index (χ3v) is 5.99. The predicted octanol–water partition coefficient (Wildman–Crippen LogP) is 1.73. The Kier molecular flexibility index (Phi) is 5.61. The second-order valence-electron chi connectivity index (χ2n) is 4.79. The molecule has 1 aromatic rings. The molecule has 0 aromatic carbocycles. The van der Waals surface area contributed by atoms with Gasteiger partial charge in [0.2, 0.25) is 10.0 Å². The molecule has 0 radical (unpaired) electrons. The first-order valence-electron chi connectivity index (χ1n) is 6.59. The van der Waals surface area contributed by atoms with Crippen molar-refractivity contribution in [3.63, 3.8) is 0 Å². The van der Waals surface area contributed by atoms with E-state index < -0.39 is 10.0 Å². The van der Waals surface area contributed by atoms with Crippen molar-refractivity contribution in [3.05, 3.63) is 28.1 Å². The number of hydrogen-bond acceptors (Lipinski definition) is 5. The third-order valence-electron chi connectivity index (χ3n) is 3.27. The Bertz CT molecular complexity index is 624. The zero-order valence-corrected chi connectivity index (χ0v) is 14.5. The molecule has 0 bridgehead atoms. The average Bonchev–Trinajstić information content (AvgIpc) is 2.82. The molecule has 8 heteroatoms. The molecule has 1 aliphatic heterocycles. The molecule has 0 aliphatic carbocycles. The van der Waals surface area contributed by atoms with E-state index in [1.165, 1.54) is 4.31 Å². The summed E-state index contributed by atoms with van der Waals surface area (Å²) < 4.78 is 37.5. The van der Waals surface area contributed by atoms with Crippen LogP contribution in [0.5, 0.6) is 0 Å². The standard InChI is InChI=1S/C13H19BrN2O4S/c1-15-8-11-7-12(13(14)20-11)21(17,18)16-5-3-10(4-6-16)9-19-2/h3,7,15H,4-6,8-9H2,1-2H3. The molecule has 1 aliphatic rings. The summed E-state index contributed by atoms with van der Waals surface area (Å²) in [6, 6.07) is 1.56. The van der Waals surface area contributed by atoms with Crippen molar-refractivity contribution in [1.29, 1.82) is 0 Å². The van der Waals surface area contributed by atoms with Gasteiger partial charge in [-0.25, -0.2) is 8.42 Å². The van der Waals surface area contributed by atoms with Crippen LogP contribution in [-0.4, -0.2) is 46.6 Å². The van der Waals surface area contributed by atoms with Crippen LogP contribution >= 0.6 is 15.9 Å². The van der Waals surface area contributed by atoms with Gasteiger partial charge >= 0.3 is 0 Å². The first-order valence-corrected chi connectivity index (χ1v) is 8.82. The van der Waals surface area contributed by atoms with Gasteiger partial charge < -0.3 is 14.5 Å². The maximum absolute atomic E-state index is 12.6. The number of hydrogen-bond donors (Lipinski definition) is 1. The summed E-state index contributed by atoms with van der Waals surface area (Å²) in [5.74, 6) is 0.579. The van der Waals surface area contributed by atoms with Gasteiger partial charge in [-0.3, -0.25) is 0 Å². The molecule has 0 saturated carbocycles. The Morgan fingerprint density at radius 3 is 2.86 bits per heavy atom. The van der Waals surface area contributed by atoms with Gasteiger partial charge in [0.15, 0.2) is 4.67 Å². The van der Waals surface area contributed by atoms with Crippen LogP contribution in [0.3, 0.4) is 0 Å². The highest BCUT2D eigenvalue weighted by atomic mass is 79.9. The van der Waals surface area contributed by atoms with Gasteiger partial charge in [-0.1, -0.05) is 6.08 Å². The number of methoxy groups -OCH3 is 1. The highest BCUT2D eigenvalue weighted by molar-refractivity contribution is 9.10.